The van der Waals surface area contributed by atoms with Gasteiger partial charge in [0.2, 0.25) is 0 Å². The summed E-state index contributed by atoms with van der Waals surface area (Å²) in [5, 5.41) is 14.1. The Morgan fingerprint density at radius 1 is 1.11 bits per heavy atom. The summed E-state index contributed by atoms with van der Waals surface area (Å²) >= 11 is 3.44. The Bertz CT molecular complexity index is 703. The molecule has 4 heteroatoms. The van der Waals surface area contributed by atoms with Gasteiger partial charge in [-0.3, -0.25) is 0 Å². The average Bonchev–Trinajstić information content (AvgIpc) is 3.11. The van der Waals surface area contributed by atoms with E-state index in [0.717, 1.165) is 22.7 Å². The Hall–Kier alpha value is -1.96. The van der Waals surface area contributed by atoms with Crippen LogP contribution < -0.4 is 0 Å². The zero-order valence-corrected chi connectivity index (χ0v) is 11.7. The first-order chi connectivity index (χ1) is 9.35. The fourth-order valence-corrected chi connectivity index (χ4v) is 3.43. The number of hydrogen-bond donors (Lipinski definition) is 0. The molecule has 0 saturated heterocycles. The summed E-state index contributed by atoms with van der Waals surface area (Å²) in [7, 11) is 0. The van der Waals surface area contributed by atoms with Crippen molar-refractivity contribution in [3.05, 3.63) is 62.6 Å². The highest BCUT2D eigenvalue weighted by atomic mass is 32.1. The Morgan fingerprint density at radius 2 is 1.95 bits per heavy atom. The van der Waals surface area contributed by atoms with Crippen molar-refractivity contribution in [2.45, 2.75) is 6.42 Å². The second kappa shape index (κ2) is 5.35. The van der Waals surface area contributed by atoms with Gasteiger partial charge in [-0.25, -0.2) is 4.98 Å². The SMILES string of the molecule is N#Cc1ccc(-c2csc(Cc3cccs3)n2)cc1. The number of hydrogen-bond acceptors (Lipinski definition) is 4. The van der Waals surface area contributed by atoms with E-state index in [-0.39, 0.29) is 0 Å². The predicted octanol–water partition coefficient (Wildman–Crippen LogP) is 4.33. The quantitative estimate of drug-likeness (QED) is 0.716. The normalized spacial score (nSPS) is 10.3. The highest BCUT2D eigenvalue weighted by Gasteiger charge is 2.06. The molecule has 0 saturated carbocycles. The van der Waals surface area contributed by atoms with Gasteiger partial charge < -0.3 is 0 Å². The van der Waals surface area contributed by atoms with Gasteiger partial charge >= 0.3 is 0 Å². The summed E-state index contributed by atoms with van der Waals surface area (Å²) < 4.78 is 0. The van der Waals surface area contributed by atoms with E-state index in [9.17, 15) is 0 Å². The minimum absolute atomic E-state index is 0.679. The van der Waals surface area contributed by atoms with Crippen LogP contribution in [-0.4, -0.2) is 4.98 Å². The summed E-state index contributed by atoms with van der Waals surface area (Å²) in [6, 6.07) is 13.9. The molecule has 0 amide bonds. The van der Waals surface area contributed by atoms with Crippen LogP contribution in [0.4, 0.5) is 0 Å². The van der Waals surface area contributed by atoms with Crippen molar-refractivity contribution in [1.29, 1.82) is 5.26 Å². The first kappa shape index (κ1) is 12.1. The second-order valence-electron chi connectivity index (χ2n) is 4.07. The molecule has 0 fully saturated rings. The molecule has 2 heterocycles. The van der Waals surface area contributed by atoms with Crippen molar-refractivity contribution in [3.8, 4) is 17.3 Å². The average molecular weight is 282 g/mol. The maximum absolute atomic E-state index is 8.78. The zero-order chi connectivity index (χ0) is 13.1. The van der Waals surface area contributed by atoms with Crippen LogP contribution >= 0.6 is 22.7 Å². The fraction of sp³-hybridized carbons (Fsp3) is 0.0667. The standard InChI is InChI=1S/C15H10N2S2/c16-9-11-3-5-12(6-4-11)14-10-19-15(17-14)8-13-2-1-7-18-13/h1-7,10H,8H2. The number of rotatable bonds is 3. The van der Waals surface area contributed by atoms with Gasteiger partial charge in [-0.2, -0.15) is 5.26 Å². The number of aromatic nitrogens is 1. The number of nitriles is 1. The minimum Gasteiger partial charge on any atom is -0.241 e. The third kappa shape index (κ3) is 2.73. The molecule has 0 aliphatic carbocycles. The van der Waals surface area contributed by atoms with Gasteiger partial charge in [0.15, 0.2) is 0 Å². The molecule has 0 spiro atoms. The molecule has 0 radical (unpaired) electrons. The molecule has 3 aromatic rings. The minimum atomic E-state index is 0.679. The van der Waals surface area contributed by atoms with E-state index in [1.807, 2.05) is 24.3 Å². The van der Waals surface area contributed by atoms with Gasteiger partial charge in [0.1, 0.15) is 0 Å². The van der Waals surface area contributed by atoms with E-state index in [1.54, 1.807) is 22.7 Å². The number of thiophene rings is 1. The molecular formula is C15H10N2S2. The number of thiazole rings is 1. The number of benzene rings is 1. The third-order valence-corrected chi connectivity index (χ3v) is 4.49. The smallest absolute Gasteiger partial charge is 0.0991 e. The Morgan fingerprint density at radius 3 is 2.63 bits per heavy atom. The first-order valence-electron chi connectivity index (χ1n) is 5.82. The van der Waals surface area contributed by atoms with E-state index in [1.165, 1.54) is 4.88 Å². The lowest BCUT2D eigenvalue weighted by Gasteiger charge is -1.96. The molecule has 92 valence electrons. The van der Waals surface area contributed by atoms with Crippen LogP contribution in [0.3, 0.4) is 0 Å². The lowest BCUT2D eigenvalue weighted by Crippen LogP contribution is -1.84. The fourth-order valence-electron chi connectivity index (χ4n) is 1.80. The predicted molar refractivity (Wildman–Crippen MR) is 79.4 cm³/mol. The van der Waals surface area contributed by atoms with Crippen molar-refractivity contribution in [2.24, 2.45) is 0 Å². The summed E-state index contributed by atoms with van der Waals surface area (Å²) in [5.41, 5.74) is 2.73. The van der Waals surface area contributed by atoms with Crippen molar-refractivity contribution in [3.63, 3.8) is 0 Å². The molecular weight excluding hydrogens is 272 g/mol. The molecule has 19 heavy (non-hydrogen) atoms. The lowest BCUT2D eigenvalue weighted by atomic mass is 10.1. The van der Waals surface area contributed by atoms with E-state index >= 15 is 0 Å². The van der Waals surface area contributed by atoms with Gasteiger partial charge in [-0.15, -0.1) is 22.7 Å². The van der Waals surface area contributed by atoms with Crippen molar-refractivity contribution in [2.75, 3.05) is 0 Å². The summed E-state index contributed by atoms with van der Waals surface area (Å²) in [5.74, 6) is 0. The summed E-state index contributed by atoms with van der Waals surface area (Å²) in [6.45, 7) is 0. The van der Waals surface area contributed by atoms with E-state index in [4.69, 9.17) is 5.26 Å². The topological polar surface area (TPSA) is 36.7 Å². The molecule has 0 aliphatic heterocycles. The maximum Gasteiger partial charge on any atom is 0.0991 e. The molecule has 3 rings (SSSR count). The Kier molecular flexibility index (Phi) is 3.41. The van der Waals surface area contributed by atoms with Crippen LogP contribution in [0.5, 0.6) is 0 Å². The van der Waals surface area contributed by atoms with Gasteiger partial charge in [0.25, 0.3) is 0 Å². The van der Waals surface area contributed by atoms with Crippen molar-refractivity contribution in [1.82, 2.24) is 4.98 Å². The molecule has 0 bridgehead atoms. The highest BCUT2D eigenvalue weighted by molar-refractivity contribution is 7.11. The summed E-state index contributed by atoms with van der Waals surface area (Å²) in [6.07, 6.45) is 0.901. The highest BCUT2D eigenvalue weighted by Crippen LogP contribution is 2.24. The van der Waals surface area contributed by atoms with Crippen molar-refractivity contribution < 1.29 is 0 Å². The van der Waals surface area contributed by atoms with Crippen LogP contribution in [0.25, 0.3) is 11.3 Å². The number of nitrogens with zero attached hydrogens (tertiary/aromatic N) is 2. The van der Waals surface area contributed by atoms with Gasteiger partial charge in [0.05, 0.1) is 22.3 Å². The summed E-state index contributed by atoms with van der Waals surface area (Å²) in [4.78, 5) is 5.99. The van der Waals surface area contributed by atoms with Gasteiger partial charge in [0, 0.05) is 22.2 Å². The molecule has 2 aromatic heterocycles. The van der Waals surface area contributed by atoms with E-state index in [2.05, 4.69) is 33.9 Å². The second-order valence-corrected chi connectivity index (χ2v) is 6.05. The molecule has 0 aliphatic rings. The molecule has 0 unspecified atom stereocenters. The van der Waals surface area contributed by atoms with Gasteiger partial charge in [-0.05, 0) is 23.6 Å². The lowest BCUT2D eigenvalue weighted by molar-refractivity contribution is 1.17. The molecule has 1 aromatic carbocycles. The third-order valence-electron chi connectivity index (χ3n) is 2.77. The van der Waals surface area contributed by atoms with Crippen LogP contribution in [-0.2, 0) is 6.42 Å². The van der Waals surface area contributed by atoms with Crippen LogP contribution in [0.2, 0.25) is 0 Å². The van der Waals surface area contributed by atoms with E-state index < -0.39 is 0 Å². The van der Waals surface area contributed by atoms with Crippen LogP contribution in [0.1, 0.15) is 15.4 Å². The van der Waals surface area contributed by atoms with E-state index in [0.29, 0.717) is 5.56 Å². The molecule has 0 atom stereocenters. The first-order valence-corrected chi connectivity index (χ1v) is 7.58. The Labute approximate surface area is 119 Å². The van der Waals surface area contributed by atoms with Gasteiger partial charge in [-0.1, -0.05) is 18.2 Å². The van der Waals surface area contributed by atoms with Crippen molar-refractivity contribution >= 4 is 22.7 Å². The largest absolute Gasteiger partial charge is 0.241 e. The zero-order valence-electron chi connectivity index (χ0n) is 10.0. The molecule has 2 nitrogen and oxygen atoms in total. The van der Waals surface area contributed by atoms with Crippen LogP contribution in [0, 0.1) is 11.3 Å². The molecule has 0 N–H and O–H groups in total. The van der Waals surface area contributed by atoms with Crippen LogP contribution in [0.15, 0.2) is 47.2 Å². The maximum atomic E-state index is 8.78. The monoisotopic (exact) mass is 282 g/mol. The Balaban J connectivity index is 1.82.